The maximum Gasteiger partial charge on any atom is 0.258 e. The molecule has 2 aliphatic heterocycles. The van der Waals surface area contributed by atoms with Crippen molar-refractivity contribution in [1.29, 1.82) is 0 Å². The van der Waals surface area contributed by atoms with Gasteiger partial charge in [0.15, 0.2) is 0 Å². The molecule has 5 nitrogen and oxygen atoms in total. The number of aryl methyl sites for hydroxylation is 1. The van der Waals surface area contributed by atoms with E-state index in [1.54, 1.807) is 29.0 Å². The van der Waals surface area contributed by atoms with E-state index in [1.165, 1.54) is 48.2 Å². The Bertz CT molecular complexity index is 1470. The SMILES string of the molecule is Cn1c2c(c3ccc(-n4ccc(OCc5ccc(Cl)cc5F)cc4=O)cc31)CN1CCCC1C2. The van der Waals surface area contributed by atoms with Gasteiger partial charge in [-0.25, -0.2) is 4.39 Å². The Hall–Kier alpha value is -3.09. The summed E-state index contributed by atoms with van der Waals surface area (Å²) in [6, 6.07) is 14.5. The van der Waals surface area contributed by atoms with Gasteiger partial charge < -0.3 is 9.30 Å². The topological polar surface area (TPSA) is 39.4 Å². The van der Waals surface area contributed by atoms with Crippen LogP contribution in [0.3, 0.4) is 0 Å². The molecule has 1 saturated heterocycles. The summed E-state index contributed by atoms with van der Waals surface area (Å²) in [7, 11) is 2.13. The summed E-state index contributed by atoms with van der Waals surface area (Å²) >= 11 is 5.80. The Labute approximate surface area is 201 Å². The van der Waals surface area contributed by atoms with Crippen LogP contribution in [0.5, 0.6) is 5.75 Å². The molecule has 1 unspecified atom stereocenters. The molecule has 0 bridgehead atoms. The number of nitrogens with zero attached hydrogens (tertiary/aromatic N) is 3. The first kappa shape index (κ1) is 21.4. The van der Waals surface area contributed by atoms with Crippen LogP contribution in [-0.2, 0) is 26.6 Å². The van der Waals surface area contributed by atoms with Crippen molar-refractivity contribution in [2.75, 3.05) is 6.54 Å². The highest BCUT2D eigenvalue weighted by atomic mass is 35.5. The number of hydrogen-bond donors (Lipinski definition) is 0. The largest absolute Gasteiger partial charge is 0.489 e. The fourth-order valence-corrected chi connectivity index (χ4v) is 5.63. The summed E-state index contributed by atoms with van der Waals surface area (Å²) in [6.07, 6.45) is 5.37. The van der Waals surface area contributed by atoms with Gasteiger partial charge in [-0.3, -0.25) is 14.3 Å². The van der Waals surface area contributed by atoms with E-state index in [0.29, 0.717) is 22.4 Å². The van der Waals surface area contributed by atoms with E-state index in [-0.39, 0.29) is 12.2 Å². The molecule has 2 aromatic carbocycles. The van der Waals surface area contributed by atoms with E-state index in [2.05, 4.69) is 28.6 Å². The van der Waals surface area contributed by atoms with Crippen molar-refractivity contribution in [3.05, 3.63) is 92.7 Å². The number of ether oxygens (including phenoxy) is 1. The van der Waals surface area contributed by atoms with Crippen molar-refractivity contribution in [3.8, 4) is 11.4 Å². The van der Waals surface area contributed by atoms with Gasteiger partial charge in [0.25, 0.3) is 5.56 Å². The van der Waals surface area contributed by atoms with Crippen molar-refractivity contribution < 1.29 is 9.13 Å². The third-order valence-corrected chi connectivity index (χ3v) is 7.52. The van der Waals surface area contributed by atoms with Crippen molar-refractivity contribution >= 4 is 22.5 Å². The number of halogens is 2. The van der Waals surface area contributed by atoms with Crippen LogP contribution in [0.25, 0.3) is 16.6 Å². The molecule has 4 aromatic rings. The van der Waals surface area contributed by atoms with Gasteiger partial charge in [0.1, 0.15) is 18.2 Å². The molecule has 174 valence electrons. The maximum atomic E-state index is 14.0. The van der Waals surface area contributed by atoms with Crippen LogP contribution >= 0.6 is 11.6 Å². The van der Waals surface area contributed by atoms with Crippen LogP contribution in [-0.4, -0.2) is 26.6 Å². The summed E-state index contributed by atoms with van der Waals surface area (Å²) in [4.78, 5) is 15.5. The molecule has 0 spiro atoms. The second-order valence-electron chi connectivity index (χ2n) is 9.25. The van der Waals surface area contributed by atoms with E-state index >= 15 is 0 Å². The second-order valence-corrected chi connectivity index (χ2v) is 9.69. The number of fused-ring (bicyclic) bond motifs is 4. The fraction of sp³-hybridized carbons (Fsp3) is 0.296. The standard InChI is InChI=1S/C27H25ClFN3O2/c1-30-25-13-20(6-7-22(25)23-15-31-9-2-3-19(31)12-26(23)30)32-10-8-21(14-27(32)33)34-16-17-4-5-18(28)11-24(17)29/h4-8,10-11,13-14,19H,2-3,9,12,15-16H2,1H3. The number of aromatic nitrogens is 2. The molecule has 0 saturated carbocycles. The van der Waals surface area contributed by atoms with E-state index in [0.717, 1.165) is 24.2 Å². The molecular formula is C27H25ClFN3O2. The van der Waals surface area contributed by atoms with Crippen molar-refractivity contribution in [1.82, 2.24) is 14.0 Å². The third kappa shape index (κ3) is 3.62. The molecular weight excluding hydrogens is 453 g/mol. The monoisotopic (exact) mass is 477 g/mol. The van der Waals surface area contributed by atoms with Crippen LogP contribution in [0.15, 0.2) is 59.5 Å². The van der Waals surface area contributed by atoms with Gasteiger partial charge >= 0.3 is 0 Å². The lowest BCUT2D eigenvalue weighted by Crippen LogP contribution is -2.35. The zero-order chi connectivity index (χ0) is 23.4. The zero-order valence-corrected chi connectivity index (χ0v) is 19.7. The summed E-state index contributed by atoms with van der Waals surface area (Å²) in [5.41, 5.74) is 4.98. The van der Waals surface area contributed by atoms with E-state index < -0.39 is 5.82 Å². The van der Waals surface area contributed by atoms with E-state index in [9.17, 15) is 9.18 Å². The molecule has 1 atom stereocenters. The fourth-order valence-electron chi connectivity index (χ4n) is 5.47. The third-order valence-electron chi connectivity index (χ3n) is 7.29. The number of pyridine rings is 1. The van der Waals surface area contributed by atoms with Gasteiger partial charge in [-0.15, -0.1) is 0 Å². The molecule has 0 radical (unpaired) electrons. The first-order chi connectivity index (χ1) is 16.5. The molecule has 0 amide bonds. The minimum Gasteiger partial charge on any atom is -0.489 e. The predicted molar refractivity (Wildman–Crippen MR) is 131 cm³/mol. The van der Waals surface area contributed by atoms with Gasteiger partial charge in [0.2, 0.25) is 0 Å². The molecule has 1 fully saturated rings. The average molecular weight is 478 g/mol. The summed E-state index contributed by atoms with van der Waals surface area (Å²) in [6.45, 7) is 2.22. The van der Waals surface area contributed by atoms with Crippen molar-refractivity contribution in [3.63, 3.8) is 0 Å². The molecule has 34 heavy (non-hydrogen) atoms. The molecule has 2 aromatic heterocycles. The normalized spacial score (nSPS) is 17.7. The Morgan fingerprint density at radius 2 is 2.03 bits per heavy atom. The minimum absolute atomic E-state index is 0.0192. The lowest BCUT2D eigenvalue weighted by atomic mass is 9.99. The highest BCUT2D eigenvalue weighted by Gasteiger charge is 2.33. The summed E-state index contributed by atoms with van der Waals surface area (Å²) in [5, 5.41) is 1.60. The number of benzene rings is 2. The van der Waals surface area contributed by atoms with Gasteiger partial charge in [-0.1, -0.05) is 23.7 Å². The van der Waals surface area contributed by atoms with Crippen LogP contribution in [0.1, 0.15) is 29.7 Å². The number of rotatable bonds is 4. The van der Waals surface area contributed by atoms with Crippen molar-refractivity contribution in [2.45, 2.75) is 38.5 Å². The second kappa shape index (κ2) is 8.29. The molecule has 4 heterocycles. The first-order valence-corrected chi connectivity index (χ1v) is 12.0. The highest BCUT2D eigenvalue weighted by molar-refractivity contribution is 6.30. The summed E-state index contributed by atoms with van der Waals surface area (Å²) < 4.78 is 23.6. The predicted octanol–water partition coefficient (Wildman–Crippen LogP) is 5.22. The first-order valence-electron chi connectivity index (χ1n) is 11.6. The lowest BCUT2D eigenvalue weighted by molar-refractivity contribution is 0.225. The summed E-state index contributed by atoms with van der Waals surface area (Å²) in [5.74, 6) is -0.0357. The quantitative estimate of drug-likeness (QED) is 0.404. The van der Waals surface area contributed by atoms with Crippen LogP contribution in [0, 0.1) is 5.82 Å². The van der Waals surface area contributed by atoms with Crippen molar-refractivity contribution in [2.24, 2.45) is 7.05 Å². The van der Waals surface area contributed by atoms with Gasteiger partial charge in [-0.2, -0.15) is 0 Å². The van der Waals surface area contributed by atoms with Crippen LogP contribution in [0.2, 0.25) is 5.02 Å². The molecule has 0 N–H and O–H groups in total. The minimum atomic E-state index is -0.431. The lowest BCUT2D eigenvalue weighted by Gasteiger charge is -2.30. The molecule has 2 aliphatic rings. The van der Waals surface area contributed by atoms with Crippen LogP contribution < -0.4 is 10.3 Å². The van der Waals surface area contributed by atoms with E-state index in [4.69, 9.17) is 16.3 Å². The Kier molecular flexibility index (Phi) is 5.23. The molecule has 7 heteroatoms. The van der Waals surface area contributed by atoms with Gasteiger partial charge in [0, 0.05) is 60.0 Å². The average Bonchev–Trinajstić information content (AvgIpc) is 3.39. The molecule has 0 aliphatic carbocycles. The Morgan fingerprint density at radius 1 is 1.15 bits per heavy atom. The number of hydrogen-bond acceptors (Lipinski definition) is 3. The van der Waals surface area contributed by atoms with Gasteiger partial charge in [0.05, 0.1) is 11.2 Å². The molecule has 6 rings (SSSR count). The van der Waals surface area contributed by atoms with Crippen LogP contribution in [0.4, 0.5) is 4.39 Å². The Morgan fingerprint density at radius 3 is 2.85 bits per heavy atom. The highest BCUT2D eigenvalue weighted by Crippen LogP contribution is 2.36. The van der Waals surface area contributed by atoms with E-state index in [1.807, 2.05) is 6.07 Å². The Balaban J connectivity index is 1.28. The maximum absolute atomic E-state index is 14.0. The smallest absolute Gasteiger partial charge is 0.258 e. The van der Waals surface area contributed by atoms with Gasteiger partial charge in [-0.05, 0) is 55.3 Å². The zero-order valence-electron chi connectivity index (χ0n) is 18.9.